The summed E-state index contributed by atoms with van der Waals surface area (Å²) in [5, 5.41) is 62.5. The Morgan fingerprint density at radius 2 is 0.920 bits per heavy atom. The minimum atomic E-state index is -4.20. The summed E-state index contributed by atoms with van der Waals surface area (Å²) in [6.45, 7) is 22.9. The fraction of sp³-hybridized carbons (Fsp3) is 0.516. The van der Waals surface area contributed by atoms with Gasteiger partial charge in [0.25, 0.3) is 0 Å². The number of halogens is 3. The van der Waals surface area contributed by atoms with Gasteiger partial charge in [-0.25, -0.2) is 18.3 Å². The smallest absolute Gasteiger partial charge is 0.333 e. The van der Waals surface area contributed by atoms with E-state index in [0.717, 1.165) is 33.8 Å². The SMILES string of the molecule is Cc1[nH]cc(C(=O)c2cnccc2N[C@@H]2C[C@H](CO)[C@@H](O)[C@@H]2F)c1C.Cc1c(C(=O)c2cnccc2N[C@@H]2C[C@H](CO)[C@@H](O)[C@@H]2F)cn(C(C)(C)C)c1C.Cc1c(C(=O)c2cnccc2N[C@@H]2C[C@H](COS(N)(=O)=O)[C@@H](O)[C@@H]2F)cn(C(C)(C)C)c1C. The van der Waals surface area contributed by atoms with E-state index in [2.05, 4.69) is 65.4 Å². The van der Waals surface area contributed by atoms with Gasteiger partial charge in [-0.1, -0.05) is 0 Å². The quantitative estimate of drug-likeness (QED) is 0.0414. The first-order valence-corrected chi connectivity index (χ1v) is 30.3. The number of carbonyl (C=O) groups excluding carboxylic acids is 3. The first-order valence-electron chi connectivity index (χ1n) is 28.8. The third kappa shape index (κ3) is 15.0. The van der Waals surface area contributed by atoms with Gasteiger partial charge in [0.15, 0.2) is 17.3 Å². The van der Waals surface area contributed by atoms with Gasteiger partial charge in [-0.15, -0.1) is 0 Å². The maximum atomic E-state index is 14.8. The standard InChI is InChI=1S/C22H31FN4O5S.C22H30FN3O3.C18H22FN3O3/c1-12-13(2)27(22(3,4)5)10-16(12)21(29)15-9-25-7-6-17(15)26-18-8-14(20(28)19(18)23)11-32-33(24,30)31;1-12-13(2)26(22(3,4)5)10-16(12)21(29)15-9-24-7-6-17(15)25-18-8-14(11-27)20(28)19(18)23;1-9-10(2)21-7-12(9)18(25)13-6-20-4-3-14(13)22-15-5-11(8-23)17(24)16(15)19/h6-7,9-10,14,18-20,28H,8,11H2,1-5H3,(H,25,26)(H2,24,30,31);6-7,9-10,14,18-20,27-28H,8,11H2,1-5H3,(H,24,25);3-4,6-7,11,15-17,21,23-24H,5,8H2,1-2H3,(H,20,22)/t2*14-,18-,19-,20-;11-,15-,16-,17-/m111/s1. The predicted octanol–water partition coefficient (Wildman–Crippen LogP) is 6.93. The minimum Gasteiger partial charge on any atom is -0.396 e. The summed E-state index contributed by atoms with van der Waals surface area (Å²) in [4.78, 5) is 54.8. The molecule has 6 aromatic heterocycles. The van der Waals surface area contributed by atoms with E-state index in [4.69, 9.17) is 5.14 Å². The third-order valence-electron chi connectivity index (χ3n) is 17.1. The van der Waals surface area contributed by atoms with E-state index in [1.54, 1.807) is 30.6 Å². The lowest BCUT2D eigenvalue weighted by Gasteiger charge is -2.23. The Labute approximate surface area is 505 Å². The van der Waals surface area contributed by atoms with Crippen molar-refractivity contribution in [3.63, 3.8) is 0 Å². The summed E-state index contributed by atoms with van der Waals surface area (Å²) in [7, 11) is -4.20. The number of aromatic amines is 1. The summed E-state index contributed by atoms with van der Waals surface area (Å²) in [5.74, 6) is -2.45. The molecule has 0 amide bonds. The highest BCUT2D eigenvalue weighted by atomic mass is 32.2. The van der Waals surface area contributed by atoms with E-state index >= 15 is 0 Å². The summed E-state index contributed by atoms with van der Waals surface area (Å²) < 4.78 is 74.3. The number of hydrogen-bond donors (Lipinski definition) is 10. The summed E-state index contributed by atoms with van der Waals surface area (Å²) in [6.07, 6.45) is 6.33. The molecule has 21 nitrogen and oxygen atoms in total. The third-order valence-corrected chi connectivity index (χ3v) is 17.6. The molecule has 3 fully saturated rings. The molecule has 0 aromatic carbocycles. The van der Waals surface area contributed by atoms with Gasteiger partial charge in [0.2, 0.25) is 0 Å². The van der Waals surface area contributed by atoms with Crippen molar-refractivity contribution in [3.8, 4) is 0 Å². The van der Waals surface area contributed by atoms with Crippen LogP contribution in [0, 0.1) is 59.3 Å². The molecule has 3 aliphatic carbocycles. The number of nitrogens with two attached hydrogens (primary N) is 1. The lowest BCUT2D eigenvalue weighted by molar-refractivity contribution is 0.0443. The molecule has 0 unspecified atom stereocenters. The van der Waals surface area contributed by atoms with E-state index in [1.165, 1.54) is 31.0 Å². The van der Waals surface area contributed by atoms with Crippen LogP contribution >= 0.6 is 0 Å². The van der Waals surface area contributed by atoms with E-state index in [-0.39, 0.29) is 66.5 Å². The number of anilines is 3. The minimum absolute atomic E-state index is 0.0896. The van der Waals surface area contributed by atoms with Gasteiger partial charge in [-0.2, -0.15) is 8.42 Å². The molecule has 0 spiro atoms. The van der Waals surface area contributed by atoms with Gasteiger partial charge >= 0.3 is 10.3 Å². The Kier molecular flexibility index (Phi) is 21.2. The van der Waals surface area contributed by atoms with Crippen LogP contribution in [0.4, 0.5) is 30.2 Å². The van der Waals surface area contributed by atoms with Crippen molar-refractivity contribution >= 4 is 44.7 Å². The number of H-pyrrole nitrogens is 1. The normalized spacial score (nSPS) is 24.7. The van der Waals surface area contributed by atoms with Crippen molar-refractivity contribution in [2.24, 2.45) is 22.9 Å². The Balaban J connectivity index is 0.000000188. The fourth-order valence-corrected chi connectivity index (χ4v) is 12.0. The molecule has 87 heavy (non-hydrogen) atoms. The van der Waals surface area contributed by atoms with Crippen LogP contribution in [0.2, 0.25) is 0 Å². The van der Waals surface area contributed by atoms with Crippen molar-refractivity contribution in [1.82, 2.24) is 29.1 Å². The lowest BCUT2D eigenvalue weighted by atomic mass is 10.0. The monoisotopic (exact) mass is 1230 g/mol. The van der Waals surface area contributed by atoms with Crippen LogP contribution < -0.4 is 21.1 Å². The van der Waals surface area contributed by atoms with Gasteiger partial charge < -0.3 is 55.6 Å². The first kappa shape index (κ1) is 67.7. The molecule has 3 saturated carbocycles. The molecule has 11 N–H and O–H groups in total. The number of aromatic nitrogens is 6. The molecule has 6 aromatic rings. The van der Waals surface area contributed by atoms with Crippen LogP contribution in [0.3, 0.4) is 0 Å². The van der Waals surface area contributed by atoms with Crippen molar-refractivity contribution < 1.29 is 65.7 Å². The number of rotatable bonds is 17. The molecule has 0 saturated heterocycles. The Bertz CT molecular complexity index is 3540. The van der Waals surface area contributed by atoms with Crippen molar-refractivity contribution in [3.05, 3.63) is 141 Å². The van der Waals surface area contributed by atoms with Crippen molar-refractivity contribution in [2.45, 2.75) is 168 Å². The van der Waals surface area contributed by atoms with E-state index < -0.39 is 89.6 Å². The highest BCUT2D eigenvalue weighted by Crippen LogP contribution is 2.37. The van der Waals surface area contributed by atoms with Gasteiger partial charge in [0.1, 0.15) is 18.5 Å². The highest BCUT2D eigenvalue weighted by Gasteiger charge is 2.46. The van der Waals surface area contributed by atoms with Gasteiger partial charge in [-0.05, 0) is 137 Å². The average Bonchev–Trinajstić information content (AvgIpc) is 2.55. The number of aryl methyl sites for hydroxylation is 1. The number of pyridine rings is 3. The number of alkyl halides is 3. The fourth-order valence-electron chi connectivity index (χ4n) is 11.6. The molecule has 6 heterocycles. The van der Waals surface area contributed by atoms with E-state index in [9.17, 15) is 61.5 Å². The van der Waals surface area contributed by atoms with Crippen LogP contribution in [0.25, 0.3) is 0 Å². The molecule has 0 bridgehead atoms. The van der Waals surface area contributed by atoms with Crippen molar-refractivity contribution in [1.29, 1.82) is 0 Å². The van der Waals surface area contributed by atoms with Crippen LogP contribution in [-0.4, -0.2) is 155 Å². The zero-order valence-electron chi connectivity index (χ0n) is 51.1. The van der Waals surface area contributed by atoms with Gasteiger partial charge in [-0.3, -0.25) is 33.5 Å². The van der Waals surface area contributed by atoms with Crippen molar-refractivity contribution in [2.75, 3.05) is 35.8 Å². The second-order valence-corrected chi connectivity index (χ2v) is 26.2. The Hall–Kier alpha value is -6.84. The average molecular weight is 1230 g/mol. The van der Waals surface area contributed by atoms with Gasteiger partial charge in [0.05, 0.1) is 59.7 Å². The van der Waals surface area contributed by atoms with E-state index in [1.807, 2.05) is 79.3 Å². The van der Waals surface area contributed by atoms with Crippen LogP contribution in [0.5, 0.6) is 0 Å². The first-order chi connectivity index (χ1) is 40.7. The van der Waals surface area contributed by atoms with E-state index in [0.29, 0.717) is 44.9 Å². The van der Waals surface area contributed by atoms with Crippen LogP contribution in [0.15, 0.2) is 74.0 Å². The summed E-state index contributed by atoms with van der Waals surface area (Å²) in [6, 6.07) is 2.62. The molecule has 3 aliphatic rings. The molecular formula is C62H83F3N10O11S. The molecule has 0 aliphatic heterocycles. The second kappa shape index (κ2) is 27.3. The number of nitrogens with one attached hydrogen (secondary N) is 4. The summed E-state index contributed by atoms with van der Waals surface area (Å²) >= 11 is 0. The maximum absolute atomic E-state index is 14.8. The Morgan fingerprint density at radius 3 is 1.21 bits per heavy atom. The highest BCUT2D eigenvalue weighted by molar-refractivity contribution is 7.84. The number of hydrogen-bond acceptors (Lipinski definition) is 17. The lowest BCUT2D eigenvalue weighted by Crippen LogP contribution is -2.32. The topological polar surface area (TPSA) is 322 Å². The number of carbonyl (C=O) groups is 3. The largest absolute Gasteiger partial charge is 0.396 e. The van der Waals surface area contributed by atoms with Gasteiger partial charge in [0, 0.05) is 149 Å². The number of aliphatic hydroxyl groups is 5. The second-order valence-electron chi connectivity index (χ2n) is 25.0. The number of ketones is 3. The molecule has 9 rings (SSSR count). The van der Waals surface area contributed by atoms with Crippen LogP contribution in [0.1, 0.15) is 142 Å². The molecule has 0 radical (unpaired) electrons. The zero-order chi connectivity index (χ0) is 64.4. The predicted molar refractivity (Wildman–Crippen MR) is 324 cm³/mol. The molecule has 474 valence electrons. The summed E-state index contributed by atoms with van der Waals surface area (Å²) in [5.41, 5.74) is 9.12. The molecular weight excluding hydrogens is 1150 g/mol. The Morgan fingerprint density at radius 1 is 0.586 bits per heavy atom. The number of aliphatic hydroxyl groups excluding tert-OH is 5. The molecule has 12 atom stereocenters. The number of nitrogens with zero attached hydrogens (tertiary/aromatic N) is 5. The van der Waals surface area contributed by atoms with Crippen LogP contribution in [-0.2, 0) is 25.6 Å². The zero-order valence-corrected chi connectivity index (χ0v) is 52.0. The molecule has 25 heteroatoms. The maximum Gasteiger partial charge on any atom is 0.333 e.